The van der Waals surface area contributed by atoms with E-state index in [2.05, 4.69) is 25.0 Å². The predicted octanol–water partition coefficient (Wildman–Crippen LogP) is 2.42. The first kappa shape index (κ1) is 11.9. The lowest BCUT2D eigenvalue weighted by molar-refractivity contribution is 0.428. The quantitative estimate of drug-likeness (QED) is 0.797. The SMILES string of the molecule is CCC(CC)n1nc(SC)c(C#N)c1N. The van der Waals surface area contributed by atoms with Crippen LogP contribution in [0.15, 0.2) is 5.03 Å². The van der Waals surface area contributed by atoms with Crippen LogP contribution in [0.5, 0.6) is 0 Å². The Morgan fingerprint density at radius 3 is 2.47 bits per heavy atom. The summed E-state index contributed by atoms with van der Waals surface area (Å²) in [6, 6.07) is 2.40. The zero-order valence-electron chi connectivity index (χ0n) is 9.32. The van der Waals surface area contributed by atoms with Gasteiger partial charge in [-0.05, 0) is 19.1 Å². The van der Waals surface area contributed by atoms with E-state index in [4.69, 9.17) is 11.0 Å². The van der Waals surface area contributed by atoms with Crippen LogP contribution in [0.4, 0.5) is 5.82 Å². The standard InChI is InChI=1S/C10H16N4S/c1-4-7(5-2)14-9(12)8(6-11)10(13-14)15-3/h7H,4-5,12H2,1-3H3. The average molecular weight is 224 g/mol. The van der Waals surface area contributed by atoms with Crippen LogP contribution in [0.1, 0.15) is 38.3 Å². The van der Waals surface area contributed by atoms with E-state index in [0.29, 0.717) is 11.4 Å². The molecular formula is C10H16N4S. The van der Waals surface area contributed by atoms with Crippen molar-refractivity contribution in [2.24, 2.45) is 0 Å². The van der Waals surface area contributed by atoms with Crippen molar-refractivity contribution in [2.75, 3.05) is 12.0 Å². The maximum atomic E-state index is 8.97. The zero-order valence-corrected chi connectivity index (χ0v) is 10.1. The van der Waals surface area contributed by atoms with Crippen molar-refractivity contribution < 1.29 is 0 Å². The third-order valence-corrected chi connectivity index (χ3v) is 3.18. The summed E-state index contributed by atoms with van der Waals surface area (Å²) in [5, 5.41) is 14.1. The van der Waals surface area contributed by atoms with Crippen molar-refractivity contribution in [3.05, 3.63) is 5.56 Å². The van der Waals surface area contributed by atoms with Crippen molar-refractivity contribution in [3.63, 3.8) is 0 Å². The number of thioether (sulfide) groups is 1. The molecule has 0 bridgehead atoms. The number of aromatic nitrogens is 2. The summed E-state index contributed by atoms with van der Waals surface area (Å²) >= 11 is 1.46. The van der Waals surface area contributed by atoms with Gasteiger partial charge in [0.1, 0.15) is 22.5 Å². The van der Waals surface area contributed by atoms with E-state index in [0.717, 1.165) is 17.9 Å². The van der Waals surface area contributed by atoms with Gasteiger partial charge in [-0.3, -0.25) is 0 Å². The van der Waals surface area contributed by atoms with Gasteiger partial charge >= 0.3 is 0 Å². The molecule has 0 saturated carbocycles. The van der Waals surface area contributed by atoms with Crippen molar-refractivity contribution in [2.45, 2.75) is 37.8 Å². The van der Waals surface area contributed by atoms with E-state index in [9.17, 15) is 0 Å². The van der Waals surface area contributed by atoms with Crippen molar-refractivity contribution >= 4 is 17.6 Å². The average Bonchev–Trinajstić information content (AvgIpc) is 2.57. The molecule has 0 aliphatic heterocycles. The summed E-state index contributed by atoms with van der Waals surface area (Å²) in [7, 11) is 0. The van der Waals surface area contributed by atoms with Crippen LogP contribution in [0.25, 0.3) is 0 Å². The van der Waals surface area contributed by atoms with Gasteiger partial charge in [0.15, 0.2) is 0 Å². The molecule has 0 amide bonds. The molecule has 0 atom stereocenters. The molecule has 15 heavy (non-hydrogen) atoms. The molecule has 0 saturated heterocycles. The van der Waals surface area contributed by atoms with Gasteiger partial charge in [-0.25, -0.2) is 4.68 Å². The Bertz CT molecular complexity index is 374. The number of hydrogen-bond donors (Lipinski definition) is 1. The van der Waals surface area contributed by atoms with E-state index >= 15 is 0 Å². The molecule has 1 heterocycles. The monoisotopic (exact) mass is 224 g/mol. The first-order chi connectivity index (χ1) is 7.19. The van der Waals surface area contributed by atoms with Crippen LogP contribution >= 0.6 is 11.8 Å². The molecule has 0 aliphatic carbocycles. The first-order valence-corrected chi connectivity index (χ1v) is 6.24. The molecule has 4 nitrogen and oxygen atoms in total. The number of anilines is 1. The lowest BCUT2D eigenvalue weighted by Gasteiger charge is -2.14. The Kier molecular flexibility index (Phi) is 4.04. The fourth-order valence-corrected chi connectivity index (χ4v) is 2.11. The molecule has 1 aromatic heterocycles. The molecule has 82 valence electrons. The van der Waals surface area contributed by atoms with E-state index in [1.807, 2.05) is 6.26 Å². The predicted molar refractivity (Wildman–Crippen MR) is 62.8 cm³/mol. The Hall–Kier alpha value is -1.15. The van der Waals surface area contributed by atoms with Gasteiger partial charge in [0.05, 0.1) is 6.04 Å². The molecule has 0 spiro atoms. The van der Waals surface area contributed by atoms with Gasteiger partial charge in [0.25, 0.3) is 0 Å². The second-order valence-electron chi connectivity index (χ2n) is 3.30. The molecule has 5 heteroatoms. The highest BCUT2D eigenvalue weighted by Gasteiger charge is 2.18. The molecule has 0 unspecified atom stereocenters. The van der Waals surface area contributed by atoms with Crippen LogP contribution in [-0.4, -0.2) is 16.0 Å². The van der Waals surface area contributed by atoms with E-state index in [1.54, 1.807) is 4.68 Å². The zero-order chi connectivity index (χ0) is 11.4. The normalized spacial score (nSPS) is 10.6. The van der Waals surface area contributed by atoms with Crippen LogP contribution < -0.4 is 5.73 Å². The lowest BCUT2D eigenvalue weighted by Crippen LogP contribution is -2.11. The molecular weight excluding hydrogens is 208 g/mol. The van der Waals surface area contributed by atoms with E-state index < -0.39 is 0 Å². The van der Waals surface area contributed by atoms with E-state index in [-0.39, 0.29) is 6.04 Å². The topological polar surface area (TPSA) is 67.6 Å². The minimum absolute atomic E-state index is 0.290. The van der Waals surface area contributed by atoms with Gasteiger partial charge in [0.2, 0.25) is 0 Å². The molecule has 1 aromatic rings. The highest BCUT2D eigenvalue weighted by atomic mass is 32.2. The van der Waals surface area contributed by atoms with E-state index in [1.165, 1.54) is 11.8 Å². The fraction of sp³-hybridized carbons (Fsp3) is 0.600. The maximum Gasteiger partial charge on any atom is 0.141 e. The van der Waals surface area contributed by atoms with Crippen molar-refractivity contribution in [1.29, 1.82) is 5.26 Å². The lowest BCUT2D eigenvalue weighted by atomic mass is 10.2. The third kappa shape index (κ3) is 2.10. The maximum absolute atomic E-state index is 8.97. The Labute approximate surface area is 94.4 Å². The number of rotatable bonds is 4. The minimum Gasteiger partial charge on any atom is -0.383 e. The molecule has 0 radical (unpaired) electrons. The summed E-state index contributed by atoms with van der Waals surface area (Å²) in [6.07, 6.45) is 3.85. The van der Waals surface area contributed by atoms with Crippen LogP contribution in [0, 0.1) is 11.3 Å². The third-order valence-electron chi connectivity index (χ3n) is 2.51. The molecule has 0 aliphatic rings. The van der Waals surface area contributed by atoms with Gasteiger partial charge < -0.3 is 5.73 Å². The molecule has 1 rings (SSSR count). The Morgan fingerprint density at radius 1 is 1.53 bits per heavy atom. The number of nitriles is 1. The number of nitrogens with zero attached hydrogens (tertiary/aromatic N) is 3. The van der Waals surface area contributed by atoms with Gasteiger partial charge in [0, 0.05) is 0 Å². The number of nitrogens with two attached hydrogens (primary N) is 1. The second kappa shape index (κ2) is 5.08. The number of nitrogen functional groups attached to an aromatic ring is 1. The van der Waals surface area contributed by atoms with Gasteiger partial charge in [-0.2, -0.15) is 10.4 Å². The molecule has 0 aromatic carbocycles. The first-order valence-electron chi connectivity index (χ1n) is 5.01. The summed E-state index contributed by atoms with van der Waals surface area (Å²) in [6.45, 7) is 4.19. The summed E-state index contributed by atoms with van der Waals surface area (Å²) in [5.74, 6) is 0.496. The fourth-order valence-electron chi connectivity index (χ4n) is 1.59. The summed E-state index contributed by atoms with van der Waals surface area (Å²) in [4.78, 5) is 0. The highest BCUT2D eigenvalue weighted by molar-refractivity contribution is 7.98. The van der Waals surface area contributed by atoms with Crippen LogP contribution in [-0.2, 0) is 0 Å². The molecule has 0 fully saturated rings. The smallest absolute Gasteiger partial charge is 0.141 e. The van der Waals surface area contributed by atoms with Crippen molar-refractivity contribution in [1.82, 2.24) is 9.78 Å². The minimum atomic E-state index is 0.290. The molecule has 2 N–H and O–H groups in total. The largest absolute Gasteiger partial charge is 0.383 e. The second-order valence-corrected chi connectivity index (χ2v) is 4.09. The van der Waals surface area contributed by atoms with Gasteiger partial charge in [-0.15, -0.1) is 11.8 Å². The highest BCUT2D eigenvalue weighted by Crippen LogP contribution is 2.28. The Balaban J connectivity index is 3.21. The number of hydrogen-bond acceptors (Lipinski definition) is 4. The van der Waals surface area contributed by atoms with Gasteiger partial charge in [-0.1, -0.05) is 13.8 Å². The summed E-state index contributed by atoms with van der Waals surface area (Å²) < 4.78 is 1.78. The summed E-state index contributed by atoms with van der Waals surface area (Å²) in [5.41, 5.74) is 6.42. The van der Waals surface area contributed by atoms with Crippen molar-refractivity contribution in [3.8, 4) is 6.07 Å². The van der Waals surface area contributed by atoms with Crippen LogP contribution in [0.2, 0.25) is 0 Å². The Morgan fingerprint density at radius 2 is 2.13 bits per heavy atom. The van der Waals surface area contributed by atoms with Crippen LogP contribution in [0.3, 0.4) is 0 Å².